The van der Waals surface area contributed by atoms with E-state index in [2.05, 4.69) is 52.4 Å². The number of benzene rings is 3. The molecule has 0 radical (unpaired) electrons. The predicted octanol–water partition coefficient (Wildman–Crippen LogP) is 4.71. The summed E-state index contributed by atoms with van der Waals surface area (Å²) in [5, 5.41) is 8.56. The molecule has 0 heterocycles. The van der Waals surface area contributed by atoms with Gasteiger partial charge in [-0.25, -0.2) is 13.6 Å². The molecule has 3 N–H and O–H groups in total. The molecule has 3 aromatic carbocycles. The molecule has 0 aliphatic rings. The van der Waals surface area contributed by atoms with E-state index in [9.17, 15) is 8.42 Å². The number of primary sulfonamides is 1. The zero-order chi connectivity index (χ0) is 23.8. The summed E-state index contributed by atoms with van der Waals surface area (Å²) in [5.41, 5.74) is 4.41. The normalized spacial score (nSPS) is 11.4. The van der Waals surface area contributed by atoms with Gasteiger partial charge in [-0.15, -0.1) is 0 Å². The lowest BCUT2D eigenvalue weighted by molar-refractivity contribution is 0.269. The first kappa shape index (κ1) is 25.2. The van der Waals surface area contributed by atoms with Gasteiger partial charge in [0.05, 0.1) is 11.5 Å². The predicted molar refractivity (Wildman–Crippen MR) is 134 cm³/mol. The quantitative estimate of drug-likeness (QED) is 0.349. The van der Waals surface area contributed by atoms with Crippen molar-refractivity contribution in [3.63, 3.8) is 0 Å². The van der Waals surface area contributed by atoms with E-state index in [1.165, 1.54) is 17.7 Å². The van der Waals surface area contributed by atoms with Crippen molar-refractivity contribution in [1.29, 1.82) is 0 Å². The molecule has 0 atom stereocenters. The zero-order valence-corrected chi connectivity index (χ0v) is 21.2. The van der Waals surface area contributed by atoms with Gasteiger partial charge in [0.1, 0.15) is 6.61 Å². The van der Waals surface area contributed by atoms with Gasteiger partial charge in [0.2, 0.25) is 10.0 Å². The average Bonchev–Trinajstić information content (AvgIpc) is 2.78. The lowest BCUT2D eigenvalue weighted by atomic mass is 10.1. The van der Waals surface area contributed by atoms with Crippen LogP contribution in [0.2, 0.25) is 0 Å². The first-order chi connectivity index (χ1) is 15.8. The van der Waals surface area contributed by atoms with Gasteiger partial charge in [0.25, 0.3) is 0 Å². The molecule has 0 aliphatic heterocycles. The summed E-state index contributed by atoms with van der Waals surface area (Å²) >= 11 is 3.65. The van der Waals surface area contributed by atoms with Crippen LogP contribution in [0.25, 0.3) is 0 Å². The first-order valence-corrected chi connectivity index (χ1v) is 13.1. The summed E-state index contributed by atoms with van der Waals surface area (Å²) in [6.07, 6.45) is 0.762. The number of aryl methyl sites for hydroxylation is 1. The molecule has 176 valence electrons. The maximum absolute atomic E-state index is 11.4. The van der Waals surface area contributed by atoms with E-state index >= 15 is 0 Å². The minimum absolute atomic E-state index is 0.122. The molecular weight excluding hydrogens is 504 g/mol. The van der Waals surface area contributed by atoms with Gasteiger partial charge in [0, 0.05) is 11.0 Å². The molecule has 3 aromatic rings. The van der Waals surface area contributed by atoms with Crippen molar-refractivity contribution in [2.45, 2.75) is 38.3 Å². The summed E-state index contributed by atoms with van der Waals surface area (Å²) in [6, 6.07) is 18.8. The van der Waals surface area contributed by atoms with Crippen molar-refractivity contribution in [3.05, 3.63) is 87.4 Å². The van der Waals surface area contributed by atoms with Crippen molar-refractivity contribution in [2.24, 2.45) is 5.14 Å². The van der Waals surface area contributed by atoms with Crippen LogP contribution in [0.15, 0.2) is 70.0 Å². The molecule has 6 nitrogen and oxygen atoms in total. The van der Waals surface area contributed by atoms with E-state index in [-0.39, 0.29) is 4.90 Å². The third kappa shape index (κ3) is 7.57. The number of rotatable bonds is 11. The second-order valence-corrected chi connectivity index (χ2v) is 10.1. The molecule has 0 bridgehead atoms. The fourth-order valence-electron chi connectivity index (χ4n) is 3.24. The maximum atomic E-state index is 11.4. The van der Waals surface area contributed by atoms with E-state index in [0.717, 1.165) is 34.1 Å². The number of nitrogens with two attached hydrogens (primary N) is 1. The van der Waals surface area contributed by atoms with Gasteiger partial charge >= 0.3 is 0 Å². The fourth-order valence-corrected chi connectivity index (χ4v) is 4.22. The van der Waals surface area contributed by atoms with Crippen molar-refractivity contribution in [1.82, 2.24) is 5.32 Å². The molecule has 0 saturated heterocycles. The molecule has 0 amide bonds. The molecule has 0 spiro atoms. The Kier molecular flexibility index (Phi) is 8.91. The monoisotopic (exact) mass is 532 g/mol. The molecule has 0 aromatic heterocycles. The Morgan fingerprint density at radius 3 is 2.21 bits per heavy atom. The van der Waals surface area contributed by atoms with Crippen LogP contribution in [0, 0.1) is 6.92 Å². The molecule has 3 rings (SSSR count). The van der Waals surface area contributed by atoms with Crippen molar-refractivity contribution < 1.29 is 17.9 Å². The zero-order valence-electron chi connectivity index (χ0n) is 18.8. The highest BCUT2D eigenvalue weighted by Crippen LogP contribution is 2.34. The van der Waals surface area contributed by atoms with Gasteiger partial charge in [-0.1, -0.05) is 57.9 Å². The lowest BCUT2D eigenvalue weighted by Crippen LogP contribution is -2.17. The van der Waals surface area contributed by atoms with Gasteiger partial charge in [-0.05, 0) is 67.8 Å². The van der Waals surface area contributed by atoms with Gasteiger partial charge in [-0.3, -0.25) is 0 Å². The Labute approximate surface area is 204 Å². The number of hydrogen-bond donors (Lipinski definition) is 2. The van der Waals surface area contributed by atoms with Gasteiger partial charge in [-0.2, -0.15) is 0 Å². The molecule has 0 fully saturated rings. The molecule has 8 heteroatoms. The number of nitrogens with one attached hydrogen (secondary N) is 1. The maximum Gasteiger partial charge on any atom is 0.238 e. The van der Waals surface area contributed by atoms with Crippen LogP contribution in [-0.4, -0.2) is 21.6 Å². The van der Waals surface area contributed by atoms with Crippen molar-refractivity contribution in [3.8, 4) is 11.5 Å². The van der Waals surface area contributed by atoms with Crippen molar-refractivity contribution >= 4 is 26.0 Å². The van der Waals surface area contributed by atoms with Crippen molar-refractivity contribution in [2.75, 3.05) is 13.2 Å². The third-order valence-electron chi connectivity index (χ3n) is 5.09. The number of hydrogen-bond acceptors (Lipinski definition) is 5. The molecule has 33 heavy (non-hydrogen) atoms. The van der Waals surface area contributed by atoms with E-state index in [0.29, 0.717) is 31.3 Å². The van der Waals surface area contributed by atoms with Crippen LogP contribution in [0.1, 0.15) is 29.2 Å². The number of sulfonamides is 1. The molecular formula is C25H29BrN2O4S. The standard InChI is InChI=1S/C25H29BrN2O4S/c1-3-31-24-14-21(16-28-13-12-19-8-10-22(11-9-19)33(27,29)30)23(26)15-25(24)32-17-20-6-4-18(2)5-7-20/h4-11,14-15,28H,3,12-13,16-17H2,1-2H3,(H2,27,29,30). The lowest BCUT2D eigenvalue weighted by Gasteiger charge is -2.16. The van der Waals surface area contributed by atoms with Gasteiger partial charge < -0.3 is 14.8 Å². The van der Waals surface area contributed by atoms with Crippen LogP contribution in [0.4, 0.5) is 0 Å². The summed E-state index contributed by atoms with van der Waals surface area (Å²) in [4.78, 5) is 0.122. The average molecular weight is 533 g/mol. The topological polar surface area (TPSA) is 90.6 Å². The second kappa shape index (κ2) is 11.7. The van der Waals surface area contributed by atoms with E-state index < -0.39 is 10.0 Å². The molecule has 0 unspecified atom stereocenters. The number of ether oxygens (including phenoxy) is 2. The Hall–Kier alpha value is -2.39. The summed E-state index contributed by atoms with van der Waals surface area (Å²) in [6.45, 7) is 6.40. The Morgan fingerprint density at radius 1 is 0.939 bits per heavy atom. The van der Waals surface area contributed by atoms with Crippen LogP contribution in [-0.2, 0) is 29.6 Å². The van der Waals surface area contributed by atoms with Gasteiger partial charge in [0.15, 0.2) is 11.5 Å². The van der Waals surface area contributed by atoms with Crippen LogP contribution in [0.3, 0.4) is 0 Å². The minimum atomic E-state index is -3.66. The first-order valence-electron chi connectivity index (χ1n) is 10.7. The number of halogens is 1. The van der Waals surface area contributed by atoms with E-state index in [1.807, 2.05) is 19.1 Å². The largest absolute Gasteiger partial charge is 0.490 e. The van der Waals surface area contributed by atoms with Crippen LogP contribution < -0.4 is 19.9 Å². The highest BCUT2D eigenvalue weighted by molar-refractivity contribution is 9.10. The molecule has 0 aliphatic carbocycles. The SMILES string of the molecule is CCOc1cc(CNCCc2ccc(S(N)(=O)=O)cc2)c(Br)cc1OCc1ccc(C)cc1. The summed E-state index contributed by atoms with van der Waals surface area (Å²) in [7, 11) is -3.66. The van der Waals surface area contributed by atoms with Crippen LogP contribution >= 0.6 is 15.9 Å². The smallest absolute Gasteiger partial charge is 0.238 e. The fraction of sp³-hybridized carbons (Fsp3) is 0.280. The Morgan fingerprint density at radius 2 is 1.58 bits per heavy atom. The second-order valence-electron chi connectivity index (χ2n) is 7.71. The van der Waals surface area contributed by atoms with E-state index in [1.54, 1.807) is 12.1 Å². The third-order valence-corrected chi connectivity index (χ3v) is 6.75. The highest BCUT2D eigenvalue weighted by Gasteiger charge is 2.12. The van der Waals surface area contributed by atoms with Crippen LogP contribution in [0.5, 0.6) is 11.5 Å². The summed E-state index contributed by atoms with van der Waals surface area (Å²) in [5.74, 6) is 1.41. The summed E-state index contributed by atoms with van der Waals surface area (Å²) < 4.78 is 35.5. The Bertz CT molecular complexity index is 1160. The minimum Gasteiger partial charge on any atom is -0.490 e. The highest BCUT2D eigenvalue weighted by atomic mass is 79.9. The van der Waals surface area contributed by atoms with E-state index in [4.69, 9.17) is 14.6 Å². The Balaban J connectivity index is 1.58. The molecule has 0 saturated carbocycles.